The highest BCUT2D eigenvalue weighted by atomic mass is 16.5. The van der Waals surface area contributed by atoms with Gasteiger partial charge in [0, 0.05) is 18.6 Å². The summed E-state index contributed by atoms with van der Waals surface area (Å²) in [5.74, 6) is -0.0914. The fourth-order valence-electron chi connectivity index (χ4n) is 3.65. The van der Waals surface area contributed by atoms with Crippen molar-refractivity contribution in [3.05, 3.63) is 0 Å². The number of likely N-dealkylation sites (N-methyl/N-ethyl adjacent to an activating group) is 3. The molecule has 0 spiro atoms. The van der Waals surface area contributed by atoms with E-state index in [1.165, 1.54) is 0 Å². The maximum Gasteiger partial charge on any atom is 0.326 e. The van der Waals surface area contributed by atoms with Gasteiger partial charge in [-0.05, 0) is 60.8 Å². The highest BCUT2D eigenvalue weighted by Crippen LogP contribution is 2.34. The number of hydrogen-bond donors (Lipinski definition) is 1. The first kappa shape index (κ1) is 18.4. The molecule has 0 aromatic carbocycles. The third-order valence-electron chi connectivity index (χ3n) is 4.66. The van der Waals surface area contributed by atoms with Gasteiger partial charge in [-0.2, -0.15) is 0 Å². The van der Waals surface area contributed by atoms with E-state index in [9.17, 15) is 4.79 Å². The molecule has 5 nitrogen and oxygen atoms in total. The summed E-state index contributed by atoms with van der Waals surface area (Å²) in [6, 6.07) is 0.937. The van der Waals surface area contributed by atoms with E-state index < -0.39 is 5.54 Å². The standard InChI is InChI=1S/C16H33N3O2/c1-7-19(13(3)12-18(5)6)14-9-10-16(11-14,17-4)15(20)21-8-2/h13-14,17H,7-12H2,1-6H3. The van der Waals surface area contributed by atoms with Crippen molar-refractivity contribution in [1.29, 1.82) is 0 Å². The minimum atomic E-state index is -0.494. The van der Waals surface area contributed by atoms with Crippen LogP contribution in [-0.2, 0) is 9.53 Å². The summed E-state index contributed by atoms with van der Waals surface area (Å²) in [6.45, 7) is 8.84. The molecule has 1 rings (SSSR count). The smallest absolute Gasteiger partial charge is 0.326 e. The maximum absolute atomic E-state index is 12.3. The molecule has 3 atom stereocenters. The summed E-state index contributed by atoms with van der Waals surface area (Å²) in [5.41, 5.74) is -0.494. The van der Waals surface area contributed by atoms with Gasteiger partial charge in [-0.3, -0.25) is 9.69 Å². The molecule has 0 aromatic rings. The van der Waals surface area contributed by atoms with Crippen LogP contribution in [0.4, 0.5) is 0 Å². The first-order valence-corrected chi connectivity index (χ1v) is 8.16. The van der Waals surface area contributed by atoms with Crippen LogP contribution in [0.3, 0.4) is 0 Å². The van der Waals surface area contributed by atoms with Crippen molar-refractivity contribution in [2.24, 2.45) is 0 Å². The number of ether oxygens (including phenoxy) is 1. The lowest BCUT2D eigenvalue weighted by Crippen LogP contribution is -2.52. The van der Waals surface area contributed by atoms with Gasteiger partial charge in [0.15, 0.2) is 0 Å². The van der Waals surface area contributed by atoms with E-state index in [0.717, 1.165) is 32.4 Å². The second-order valence-corrected chi connectivity index (χ2v) is 6.39. The molecule has 0 bridgehead atoms. The van der Waals surface area contributed by atoms with E-state index >= 15 is 0 Å². The van der Waals surface area contributed by atoms with Gasteiger partial charge in [-0.1, -0.05) is 6.92 Å². The van der Waals surface area contributed by atoms with Crippen LogP contribution in [0.2, 0.25) is 0 Å². The average Bonchev–Trinajstić information content (AvgIpc) is 2.84. The summed E-state index contributed by atoms with van der Waals surface area (Å²) in [7, 11) is 6.09. The van der Waals surface area contributed by atoms with Crippen molar-refractivity contribution >= 4 is 5.97 Å². The molecule has 21 heavy (non-hydrogen) atoms. The minimum absolute atomic E-state index is 0.0914. The number of rotatable bonds is 8. The van der Waals surface area contributed by atoms with Crippen molar-refractivity contribution in [2.75, 3.05) is 40.8 Å². The van der Waals surface area contributed by atoms with Crippen LogP contribution in [0.5, 0.6) is 0 Å². The van der Waals surface area contributed by atoms with Crippen molar-refractivity contribution in [3.63, 3.8) is 0 Å². The van der Waals surface area contributed by atoms with Gasteiger partial charge >= 0.3 is 5.97 Å². The topological polar surface area (TPSA) is 44.8 Å². The van der Waals surface area contributed by atoms with Crippen LogP contribution >= 0.6 is 0 Å². The largest absolute Gasteiger partial charge is 0.465 e. The Bertz CT molecular complexity index is 335. The molecule has 0 heterocycles. The second-order valence-electron chi connectivity index (χ2n) is 6.39. The quantitative estimate of drug-likeness (QED) is 0.685. The van der Waals surface area contributed by atoms with E-state index in [4.69, 9.17) is 4.74 Å². The van der Waals surface area contributed by atoms with E-state index in [1.54, 1.807) is 0 Å². The Morgan fingerprint density at radius 2 is 2.10 bits per heavy atom. The van der Waals surface area contributed by atoms with Crippen molar-refractivity contribution in [3.8, 4) is 0 Å². The molecule has 0 saturated heterocycles. The summed E-state index contributed by atoms with van der Waals surface area (Å²) < 4.78 is 5.28. The number of carbonyl (C=O) groups is 1. The Kier molecular flexibility index (Phi) is 7.10. The number of hydrogen-bond acceptors (Lipinski definition) is 5. The summed E-state index contributed by atoms with van der Waals surface area (Å²) in [5, 5.41) is 3.24. The fraction of sp³-hybridized carbons (Fsp3) is 0.938. The SMILES string of the molecule is CCOC(=O)C1(NC)CCC(N(CC)C(C)CN(C)C)C1. The molecule has 1 N–H and O–H groups in total. The third-order valence-corrected chi connectivity index (χ3v) is 4.66. The van der Waals surface area contributed by atoms with E-state index in [1.807, 2.05) is 14.0 Å². The molecule has 124 valence electrons. The minimum Gasteiger partial charge on any atom is -0.465 e. The van der Waals surface area contributed by atoms with Crippen molar-refractivity contribution in [1.82, 2.24) is 15.1 Å². The van der Waals surface area contributed by atoms with Crippen LogP contribution < -0.4 is 5.32 Å². The van der Waals surface area contributed by atoms with E-state index in [0.29, 0.717) is 18.7 Å². The highest BCUT2D eigenvalue weighted by molar-refractivity contribution is 5.81. The molecule has 3 unspecified atom stereocenters. The van der Waals surface area contributed by atoms with Crippen LogP contribution in [0, 0.1) is 0 Å². The molecular weight excluding hydrogens is 266 g/mol. The zero-order chi connectivity index (χ0) is 16.0. The Hall–Kier alpha value is -0.650. The molecule has 5 heteroatoms. The molecular formula is C16H33N3O2. The monoisotopic (exact) mass is 299 g/mol. The van der Waals surface area contributed by atoms with Gasteiger partial charge in [-0.15, -0.1) is 0 Å². The maximum atomic E-state index is 12.3. The van der Waals surface area contributed by atoms with Gasteiger partial charge in [0.2, 0.25) is 0 Å². The number of carbonyl (C=O) groups excluding carboxylic acids is 1. The van der Waals surface area contributed by atoms with Crippen LogP contribution in [0.15, 0.2) is 0 Å². The highest BCUT2D eigenvalue weighted by Gasteiger charge is 2.47. The Balaban J connectivity index is 2.75. The zero-order valence-electron chi connectivity index (χ0n) is 14.6. The van der Waals surface area contributed by atoms with Crippen molar-refractivity contribution in [2.45, 2.75) is 57.7 Å². The Morgan fingerprint density at radius 1 is 1.43 bits per heavy atom. The van der Waals surface area contributed by atoms with Gasteiger partial charge < -0.3 is 15.0 Å². The molecule has 1 aliphatic rings. The Labute approximate surface area is 130 Å². The van der Waals surface area contributed by atoms with Crippen LogP contribution in [0.25, 0.3) is 0 Å². The summed E-state index contributed by atoms with van der Waals surface area (Å²) in [4.78, 5) is 17.0. The molecule has 0 radical (unpaired) electrons. The van der Waals surface area contributed by atoms with Crippen molar-refractivity contribution < 1.29 is 9.53 Å². The molecule has 0 aromatic heterocycles. The van der Waals surface area contributed by atoms with Crippen LogP contribution in [-0.4, -0.2) is 74.2 Å². The third kappa shape index (κ3) is 4.41. The zero-order valence-corrected chi connectivity index (χ0v) is 14.6. The summed E-state index contributed by atoms with van der Waals surface area (Å²) >= 11 is 0. The molecule has 0 aliphatic heterocycles. The summed E-state index contributed by atoms with van der Waals surface area (Å²) in [6.07, 6.45) is 2.75. The molecule has 1 fully saturated rings. The lowest BCUT2D eigenvalue weighted by molar-refractivity contribution is -0.151. The molecule has 1 aliphatic carbocycles. The first-order valence-electron chi connectivity index (χ1n) is 8.16. The number of nitrogens with one attached hydrogen (secondary N) is 1. The first-order chi connectivity index (χ1) is 9.90. The van der Waals surface area contributed by atoms with Gasteiger partial charge in [0.05, 0.1) is 6.61 Å². The lowest BCUT2D eigenvalue weighted by atomic mass is 9.97. The van der Waals surface area contributed by atoms with Crippen LogP contribution in [0.1, 0.15) is 40.0 Å². The lowest BCUT2D eigenvalue weighted by Gasteiger charge is -2.36. The molecule has 1 saturated carbocycles. The van der Waals surface area contributed by atoms with E-state index in [2.05, 4.69) is 43.1 Å². The normalized spacial score (nSPS) is 27.3. The fourth-order valence-corrected chi connectivity index (χ4v) is 3.65. The second kappa shape index (κ2) is 8.11. The number of nitrogens with zero attached hydrogens (tertiary/aromatic N) is 2. The Morgan fingerprint density at radius 3 is 2.57 bits per heavy atom. The molecule has 0 amide bonds. The number of esters is 1. The van der Waals surface area contributed by atoms with Gasteiger partial charge in [0.25, 0.3) is 0 Å². The van der Waals surface area contributed by atoms with E-state index in [-0.39, 0.29) is 5.97 Å². The predicted molar refractivity (Wildman–Crippen MR) is 86.5 cm³/mol. The van der Waals surface area contributed by atoms with Gasteiger partial charge in [-0.25, -0.2) is 0 Å². The average molecular weight is 299 g/mol. The van der Waals surface area contributed by atoms with Gasteiger partial charge in [0.1, 0.15) is 5.54 Å². The predicted octanol–water partition coefficient (Wildman–Crippen LogP) is 1.33.